The van der Waals surface area contributed by atoms with Crippen LogP contribution in [0.5, 0.6) is 0 Å². The highest BCUT2D eigenvalue weighted by atomic mass is 19.2. The van der Waals surface area contributed by atoms with E-state index in [1.807, 2.05) is 0 Å². The molecule has 0 saturated carbocycles. The topological polar surface area (TPSA) is 110 Å². The van der Waals surface area contributed by atoms with Crippen LogP contribution < -0.4 is 11.1 Å². The maximum Gasteiger partial charge on any atom is 0.439 e. The number of rotatable bonds is 3. The summed E-state index contributed by atoms with van der Waals surface area (Å²) in [7, 11) is 0. The van der Waals surface area contributed by atoms with Gasteiger partial charge in [0.15, 0.2) is 0 Å². The number of carbonyl (C=O) groups is 2. The van der Waals surface area contributed by atoms with Crippen molar-refractivity contribution >= 4 is 17.9 Å². The minimum Gasteiger partial charge on any atom is -0.440 e. The third-order valence-electron chi connectivity index (χ3n) is 2.57. The molecule has 1 aromatic heterocycles. The summed E-state index contributed by atoms with van der Waals surface area (Å²) in [5.41, 5.74) is 5.62. The maximum atomic E-state index is 13.7. The molecular weight excluding hydrogens is 257 g/mol. The molecule has 0 aliphatic carbocycles. The molecule has 2 heterocycles. The largest absolute Gasteiger partial charge is 0.440 e. The van der Waals surface area contributed by atoms with Gasteiger partial charge in [-0.25, -0.2) is 14.8 Å². The van der Waals surface area contributed by atoms with E-state index in [9.17, 15) is 14.1 Å². The second kappa shape index (κ2) is 5.04. The van der Waals surface area contributed by atoms with E-state index in [0.717, 1.165) is 0 Å². The summed E-state index contributed by atoms with van der Waals surface area (Å²) in [6, 6.07) is 0.362. The van der Waals surface area contributed by atoms with E-state index in [4.69, 9.17) is 10.5 Å². The third kappa shape index (κ3) is 2.69. The number of cyclic esters (lactones) is 1. The van der Waals surface area contributed by atoms with Crippen molar-refractivity contribution in [3.63, 3.8) is 0 Å². The Kier molecular flexibility index (Phi) is 3.45. The summed E-state index contributed by atoms with van der Waals surface area (Å²) in [6.45, 7) is 1.29. The van der Waals surface area contributed by atoms with Crippen molar-refractivity contribution in [2.45, 2.75) is 19.1 Å². The van der Waals surface area contributed by atoms with Gasteiger partial charge in [-0.15, -0.1) is 5.12 Å². The molecule has 1 unspecified atom stereocenters. The molecule has 1 aromatic rings. The minimum absolute atomic E-state index is 0.0178. The standard InChI is InChI=1S/C10H12FN5O3/c1-5(17)14-4-7-8(16(11)10(18)19-7)6-2-3-13-9(12)15-6/h2-3,7-8H,4H2,1H3,(H,14,17)(H2,12,13,15)/t7-,8?/m0/s1. The highest BCUT2D eigenvalue weighted by molar-refractivity contribution is 5.73. The number of halogens is 1. The minimum atomic E-state index is -1.13. The van der Waals surface area contributed by atoms with Gasteiger partial charge in [0.05, 0.1) is 12.2 Å². The number of hydrogen-bond donors (Lipinski definition) is 2. The summed E-state index contributed by atoms with van der Waals surface area (Å²) in [5.74, 6) is -0.349. The molecule has 1 aliphatic heterocycles. The molecule has 0 radical (unpaired) electrons. The van der Waals surface area contributed by atoms with Crippen LogP contribution in [0.1, 0.15) is 18.7 Å². The molecule has 19 heavy (non-hydrogen) atoms. The highest BCUT2D eigenvalue weighted by Crippen LogP contribution is 2.32. The van der Waals surface area contributed by atoms with Crippen LogP contribution in [0.3, 0.4) is 0 Å². The van der Waals surface area contributed by atoms with E-state index in [1.54, 1.807) is 0 Å². The number of ether oxygens (including phenoxy) is 1. The monoisotopic (exact) mass is 269 g/mol. The van der Waals surface area contributed by atoms with E-state index < -0.39 is 18.2 Å². The third-order valence-corrected chi connectivity index (χ3v) is 2.57. The molecule has 8 nitrogen and oxygen atoms in total. The molecule has 0 aromatic carbocycles. The Bertz CT molecular complexity index is 512. The Morgan fingerprint density at radius 2 is 2.42 bits per heavy atom. The number of aromatic nitrogens is 2. The van der Waals surface area contributed by atoms with Gasteiger partial charge in [-0.3, -0.25) is 4.79 Å². The molecule has 9 heteroatoms. The average Bonchev–Trinajstić information content (AvgIpc) is 2.63. The number of hydrogen-bond acceptors (Lipinski definition) is 6. The van der Waals surface area contributed by atoms with Gasteiger partial charge in [0.2, 0.25) is 11.9 Å². The zero-order chi connectivity index (χ0) is 14.0. The van der Waals surface area contributed by atoms with Crippen LogP contribution in [-0.2, 0) is 9.53 Å². The van der Waals surface area contributed by atoms with Gasteiger partial charge >= 0.3 is 6.09 Å². The highest BCUT2D eigenvalue weighted by Gasteiger charge is 2.44. The zero-order valence-electron chi connectivity index (χ0n) is 10.0. The lowest BCUT2D eigenvalue weighted by Gasteiger charge is -2.17. The predicted molar refractivity (Wildman–Crippen MR) is 61.1 cm³/mol. The Morgan fingerprint density at radius 3 is 3.05 bits per heavy atom. The summed E-state index contributed by atoms with van der Waals surface area (Å²) >= 11 is 0. The van der Waals surface area contributed by atoms with E-state index in [-0.39, 0.29) is 29.2 Å². The number of nitrogen functional groups attached to an aromatic ring is 1. The molecular formula is C10H12FN5O3. The van der Waals surface area contributed by atoms with Crippen LogP contribution in [-0.4, -0.2) is 39.7 Å². The molecule has 2 atom stereocenters. The van der Waals surface area contributed by atoms with Crippen LogP contribution in [0, 0.1) is 0 Å². The number of nitrogens with two attached hydrogens (primary N) is 1. The fraction of sp³-hybridized carbons (Fsp3) is 0.400. The fourth-order valence-electron chi connectivity index (χ4n) is 1.76. The molecule has 0 bridgehead atoms. The van der Waals surface area contributed by atoms with Crippen molar-refractivity contribution < 1.29 is 18.8 Å². The van der Waals surface area contributed by atoms with E-state index in [1.165, 1.54) is 19.2 Å². The molecule has 3 N–H and O–H groups in total. The second-order valence-corrected chi connectivity index (χ2v) is 3.96. The smallest absolute Gasteiger partial charge is 0.439 e. The Labute approximate surface area is 107 Å². The maximum absolute atomic E-state index is 13.7. The molecule has 0 spiro atoms. The zero-order valence-corrected chi connectivity index (χ0v) is 10.0. The summed E-state index contributed by atoms with van der Waals surface area (Å²) < 4.78 is 18.5. The van der Waals surface area contributed by atoms with Crippen LogP contribution in [0.25, 0.3) is 0 Å². The number of amides is 2. The molecule has 1 saturated heterocycles. The lowest BCUT2D eigenvalue weighted by Crippen LogP contribution is -2.34. The number of carbonyl (C=O) groups excluding carboxylic acids is 2. The molecule has 1 fully saturated rings. The predicted octanol–water partition coefficient (Wildman–Crippen LogP) is -0.0587. The van der Waals surface area contributed by atoms with Crippen molar-refractivity contribution in [2.75, 3.05) is 12.3 Å². The van der Waals surface area contributed by atoms with Crippen LogP contribution >= 0.6 is 0 Å². The number of nitrogens with zero attached hydrogens (tertiary/aromatic N) is 3. The van der Waals surface area contributed by atoms with Gasteiger partial charge in [-0.1, -0.05) is 4.48 Å². The van der Waals surface area contributed by atoms with Crippen molar-refractivity contribution in [1.82, 2.24) is 20.4 Å². The summed E-state index contributed by atoms with van der Waals surface area (Å²) in [6.07, 6.45) is -0.655. The van der Waals surface area contributed by atoms with E-state index in [0.29, 0.717) is 0 Å². The van der Waals surface area contributed by atoms with Gasteiger partial charge in [0, 0.05) is 13.1 Å². The Hall–Kier alpha value is -2.45. The lowest BCUT2D eigenvalue weighted by atomic mass is 10.1. The Balaban J connectivity index is 2.23. The quantitative estimate of drug-likeness (QED) is 0.744. The summed E-state index contributed by atoms with van der Waals surface area (Å²) in [5, 5.41) is 2.38. The molecule has 1 aliphatic rings. The van der Waals surface area contributed by atoms with E-state index >= 15 is 0 Å². The summed E-state index contributed by atoms with van der Waals surface area (Å²) in [4.78, 5) is 29.6. The fourth-order valence-corrected chi connectivity index (χ4v) is 1.76. The second-order valence-electron chi connectivity index (χ2n) is 3.96. The van der Waals surface area contributed by atoms with Crippen molar-refractivity contribution in [3.8, 4) is 0 Å². The van der Waals surface area contributed by atoms with Gasteiger partial charge < -0.3 is 15.8 Å². The number of anilines is 1. The van der Waals surface area contributed by atoms with Crippen molar-refractivity contribution in [1.29, 1.82) is 0 Å². The first-order valence-corrected chi connectivity index (χ1v) is 5.47. The molecule has 2 rings (SSSR count). The van der Waals surface area contributed by atoms with Crippen LogP contribution in [0.2, 0.25) is 0 Å². The van der Waals surface area contributed by atoms with Gasteiger partial charge in [0.1, 0.15) is 12.1 Å². The van der Waals surface area contributed by atoms with Gasteiger partial charge in [0.25, 0.3) is 0 Å². The number of nitrogens with one attached hydrogen (secondary N) is 1. The SMILES string of the molecule is CC(=O)NC[C@@H]1OC(=O)N(F)C1c1ccnc(N)n1. The average molecular weight is 269 g/mol. The van der Waals surface area contributed by atoms with Crippen molar-refractivity contribution in [3.05, 3.63) is 18.0 Å². The first kappa shape index (κ1) is 13.0. The van der Waals surface area contributed by atoms with Gasteiger partial charge in [-0.05, 0) is 6.07 Å². The molecule has 2 amide bonds. The van der Waals surface area contributed by atoms with E-state index in [2.05, 4.69) is 15.3 Å². The van der Waals surface area contributed by atoms with Crippen LogP contribution in [0.15, 0.2) is 12.3 Å². The normalized spacial score (nSPS) is 22.2. The molecule has 102 valence electrons. The van der Waals surface area contributed by atoms with Gasteiger partial charge in [-0.2, -0.15) is 0 Å². The first-order valence-electron chi connectivity index (χ1n) is 5.47. The lowest BCUT2D eigenvalue weighted by molar-refractivity contribution is -0.119. The van der Waals surface area contributed by atoms with Crippen molar-refractivity contribution in [2.24, 2.45) is 0 Å². The van der Waals surface area contributed by atoms with Crippen LogP contribution in [0.4, 0.5) is 15.2 Å². The Morgan fingerprint density at radius 1 is 1.68 bits per heavy atom. The first-order chi connectivity index (χ1) is 8.99.